The Balaban J connectivity index is 1.67. The van der Waals surface area contributed by atoms with Gasteiger partial charge in [-0.3, -0.25) is 4.90 Å². The van der Waals surface area contributed by atoms with Crippen molar-refractivity contribution in [2.45, 2.75) is 38.3 Å². The third-order valence-electron chi connectivity index (χ3n) is 4.76. The molecular formula is C18H28N2O. The van der Waals surface area contributed by atoms with Crippen molar-refractivity contribution in [2.24, 2.45) is 5.92 Å². The second kappa shape index (κ2) is 6.47. The van der Waals surface area contributed by atoms with Crippen LogP contribution in [0, 0.1) is 5.92 Å². The molecule has 0 spiro atoms. The van der Waals surface area contributed by atoms with E-state index in [0.29, 0.717) is 6.04 Å². The van der Waals surface area contributed by atoms with Crippen LogP contribution < -0.4 is 5.32 Å². The Morgan fingerprint density at radius 3 is 2.81 bits per heavy atom. The molecular weight excluding hydrogens is 260 g/mol. The van der Waals surface area contributed by atoms with Crippen molar-refractivity contribution in [2.75, 3.05) is 32.8 Å². The summed E-state index contributed by atoms with van der Waals surface area (Å²) in [6.07, 6.45) is 2.36. The largest absolute Gasteiger partial charge is 0.381 e. The van der Waals surface area contributed by atoms with Gasteiger partial charge in [-0.15, -0.1) is 0 Å². The molecule has 3 nitrogen and oxygen atoms in total. The second-order valence-corrected chi connectivity index (χ2v) is 7.27. The molecule has 2 heterocycles. The minimum atomic E-state index is 0.215. The van der Waals surface area contributed by atoms with Crippen molar-refractivity contribution in [3.05, 3.63) is 35.9 Å². The maximum absolute atomic E-state index is 5.56. The molecule has 21 heavy (non-hydrogen) atoms. The number of hydrogen-bond donors (Lipinski definition) is 1. The summed E-state index contributed by atoms with van der Waals surface area (Å²) in [7, 11) is 0. The van der Waals surface area contributed by atoms with Crippen molar-refractivity contribution in [1.82, 2.24) is 10.2 Å². The van der Waals surface area contributed by atoms with Crippen LogP contribution in [0.4, 0.5) is 0 Å². The van der Waals surface area contributed by atoms with Gasteiger partial charge in [0.2, 0.25) is 0 Å². The molecule has 0 aromatic heterocycles. The van der Waals surface area contributed by atoms with Crippen LogP contribution in [0.3, 0.4) is 0 Å². The predicted molar refractivity (Wildman–Crippen MR) is 86.5 cm³/mol. The maximum Gasteiger partial charge on any atom is 0.0507 e. The van der Waals surface area contributed by atoms with E-state index in [1.165, 1.54) is 18.5 Å². The van der Waals surface area contributed by atoms with Gasteiger partial charge in [-0.2, -0.15) is 0 Å². The van der Waals surface area contributed by atoms with Crippen LogP contribution in [0.5, 0.6) is 0 Å². The average Bonchev–Trinajstić information content (AvgIpc) is 2.96. The van der Waals surface area contributed by atoms with Gasteiger partial charge in [0.05, 0.1) is 6.61 Å². The van der Waals surface area contributed by atoms with Crippen LogP contribution in [0.1, 0.15) is 25.8 Å². The number of nitrogens with one attached hydrogen (secondary N) is 1. The molecule has 1 aromatic rings. The summed E-state index contributed by atoms with van der Waals surface area (Å²) in [5, 5.41) is 3.71. The molecule has 2 atom stereocenters. The van der Waals surface area contributed by atoms with Gasteiger partial charge in [-0.1, -0.05) is 30.3 Å². The highest BCUT2D eigenvalue weighted by molar-refractivity contribution is 5.16. The summed E-state index contributed by atoms with van der Waals surface area (Å²) in [5.41, 5.74) is 1.66. The van der Waals surface area contributed by atoms with Gasteiger partial charge in [0.25, 0.3) is 0 Å². The summed E-state index contributed by atoms with van der Waals surface area (Å²) in [5.74, 6) is 0.720. The average molecular weight is 288 g/mol. The van der Waals surface area contributed by atoms with Crippen LogP contribution in [0.25, 0.3) is 0 Å². The van der Waals surface area contributed by atoms with Crippen LogP contribution in [-0.2, 0) is 11.2 Å². The Hall–Kier alpha value is -0.900. The highest BCUT2D eigenvalue weighted by Gasteiger charge is 2.34. The zero-order valence-electron chi connectivity index (χ0n) is 13.3. The normalized spacial score (nSPS) is 29.6. The molecule has 116 valence electrons. The van der Waals surface area contributed by atoms with E-state index >= 15 is 0 Å². The zero-order chi connectivity index (χ0) is 14.7. The monoisotopic (exact) mass is 288 g/mol. The Morgan fingerprint density at radius 1 is 1.29 bits per heavy atom. The SMILES string of the molecule is CC1(C)CN(CC2CCOC2)C(Cc2ccccc2)CN1. The lowest BCUT2D eigenvalue weighted by atomic mass is 9.93. The van der Waals surface area contributed by atoms with E-state index in [0.717, 1.165) is 38.6 Å². The Morgan fingerprint density at radius 2 is 2.10 bits per heavy atom. The van der Waals surface area contributed by atoms with E-state index in [1.807, 2.05) is 0 Å². The first-order chi connectivity index (χ1) is 10.1. The second-order valence-electron chi connectivity index (χ2n) is 7.27. The summed E-state index contributed by atoms with van der Waals surface area (Å²) < 4.78 is 5.56. The predicted octanol–water partition coefficient (Wildman–Crippen LogP) is 2.32. The number of benzene rings is 1. The third kappa shape index (κ3) is 4.06. The van der Waals surface area contributed by atoms with Crippen LogP contribution in [0.2, 0.25) is 0 Å². The van der Waals surface area contributed by atoms with Gasteiger partial charge in [0, 0.05) is 37.8 Å². The van der Waals surface area contributed by atoms with Crippen molar-refractivity contribution in [1.29, 1.82) is 0 Å². The fourth-order valence-corrected chi connectivity index (χ4v) is 3.58. The van der Waals surface area contributed by atoms with Gasteiger partial charge in [-0.05, 0) is 38.2 Å². The number of rotatable bonds is 4. The summed E-state index contributed by atoms with van der Waals surface area (Å²) >= 11 is 0. The fourth-order valence-electron chi connectivity index (χ4n) is 3.58. The molecule has 1 aromatic carbocycles. The molecule has 3 heteroatoms. The molecule has 2 unspecified atom stereocenters. The lowest BCUT2D eigenvalue weighted by Gasteiger charge is -2.45. The first-order valence-electron chi connectivity index (χ1n) is 8.23. The maximum atomic E-state index is 5.56. The molecule has 2 fully saturated rings. The lowest BCUT2D eigenvalue weighted by molar-refractivity contribution is 0.0747. The molecule has 0 saturated carbocycles. The molecule has 0 bridgehead atoms. The van der Waals surface area contributed by atoms with Crippen LogP contribution >= 0.6 is 0 Å². The Labute approximate surface area is 128 Å². The summed E-state index contributed by atoms with van der Waals surface area (Å²) in [6.45, 7) is 9.90. The van der Waals surface area contributed by atoms with E-state index < -0.39 is 0 Å². The molecule has 0 amide bonds. The van der Waals surface area contributed by atoms with Gasteiger partial charge >= 0.3 is 0 Å². The van der Waals surface area contributed by atoms with E-state index in [9.17, 15) is 0 Å². The molecule has 0 radical (unpaired) electrons. The fraction of sp³-hybridized carbons (Fsp3) is 0.667. The quantitative estimate of drug-likeness (QED) is 0.920. The van der Waals surface area contributed by atoms with Crippen molar-refractivity contribution in [3.8, 4) is 0 Å². The third-order valence-corrected chi connectivity index (χ3v) is 4.76. The minimum Gasteiger partial charge on any atom is -0.381 e. The molecule has 1 N–H and O–H groups in total. The number of hydrogen-bond acceptors (Lipinski definition) is 3. The molecule has 2 aliphatic heterocycles. The van der Waals surface area contributed by atoms with Crippen molar-refractivity contribution < 1.29 is 4.74 Å². The zero-order valence-corrected chi connectivity index (χ0v) is 13.3. The minimum absolute atomic E-state index is 0.215. The molecule has 2 saturated heterocycles. The van der Waals surface area contributed by atoms with Crippen molar-refractivity contribution in [3.63, 3.8) is 0 Å². The van der Waals surface area contributed by atoms with E-state index in [4.69, 9.17) is 4.74 Å². The van der Waals surface area contributed by atoms with Gasteiger partial charge in [0.1, 0.15) is 0 Å². The first kappa shape index (κ1) is 15.0. The van der Waals surface area contributed by atoms with E-state index in [2.05, 4.69) is 54.4 Å². The molecule has 0 aliphatic carbocycles. The van der Waals surface area contributed by atoms with Crippen LogP contribution in [0.15, 0.2) is 30.3 Å². The Bertz CT molecular complexity index is 440. The topological polar surface area (TPSA) is 24.5 Å². The van der Waals surface area contributed by atoms with Crippen LogP contribution in [-0.4, -0.2) is 49.3 Å². The first-order valence-corrected chi connectivity index (χ1v) is 8.23. The van der Waals surface area contributed by atoms with Gasteiger partial charge < -0.3 is 10.1 Å². The van der Waals surface area contributed by atoms with E-state index in [1.54, 1.807) is 0 Å². The van der Waals surface area contributed by atoms with Crippen molar-refractivity contribution >= 4 is 0 Å². The number of piperazine rings is 1. The summed E-state index contributed by atoms with van der Waals surface area (Å²) in [6, 6.07) is 11.5. The highest BCUT2D eigenvalue weighted by Crippen LogP contribution is 2.22. The van der Waals surface area contributed by atoms with Gasteiger partial charge in [0.15, 0.2) is 0 Å². The Kier molecular flexibility index (Phi) is 4.63. The smallest absolute Gasteiger partial charge is 0.0507 e. The summed E-state index contributed by atoms with van der Waals surface area (Å²) in [4.78, 5) is 2.70. The number of ether oxygens (including phenoxy) is 1. The highest BCUT2D eigenvalue weighted by atomic mass is 16.5. The van der Waals surface area contributed by atoms with Gasteiger partial charge in [-0.25, -0.2) is 0 Å². The standard InChI is InChI=1S/C18H28N2O/c1-18(2)14-20(12-16-8-9-21-13-16)17(11-19-18)10-15-6-4-3-5-7-15/h3-7,16-17,19H,8-14H2,1-2H3. The van der Waals surface area contributed by atoms with E-state index in [-0.39, 0.29) is 5.54 Å². The molecule has 3 rings (SSSR count). The lowest BCUT2D eigenvalue weighted by Crippen LogP contribution is -2.62. The molecule has 2 aliphatic rings. The number of nitrogens with zero attached hydrogens (tertiary/aromatic N) is 1.